The van der Waals surface area contributed by atoms with Crippen LogP contribution in [0.4, 0.5) is 16.2 Å². The summed E-state index contributed by atoms with van der Waals surface area (Å²) < 4.78 is 5.01. The van der Waals surface area contributed by atoms with Crippen molar-refractivity contribution in [3.8, 4) is 0 Å². The molecule has 10 heteroatoms. The van der Waals surface area contributed by atoms with E-state index in [-0.39, 0.29) is 38.1 Å². The Labute approximate surface area is 255 Å². The van der Waals surface area contributed by atoms with Crippen molar-refractivity contribution >= 4 is 40.9 Å². The Hall–Kier alpha value is -4.18. The van der Waals surface area contributed by atoms with E-state index in [0.717, 1.165) is 11.1 Å². The molecule has 2 atom stereocenters. The van der Waals surface area contributed by atoms with Crippen molar-refractivity contribution < 1.29 is 29.3 Å². The smallest absolute Gasteiger partial charge is 0.414 e. The van der Waals surface area contributed by atoms with Crippen molar-refractivity contribution in [2.24, 2.45) is 5.92 Å². The number of anilines is 2. The van der Waals surface area contributed by atoms with Gasteiger partial charge in [-0.2, -0.15) is 0 Å². The SMILES string of the molecule is C[C@H](/C=C/CC(=O)N(CCO)Cc1ccccc1)[C@@]1(O)C(=O)N(Cc2ccc(N3CCOC3=O)cc2)c2ccc(Cl)cc21. The number of carbonyl (C=O) groups excluding carboxylic acids is 3. The Morgan fingerprint density at radius 1 is 1.09 bits per heavy atom. The molecule has 43 heavy (non-hydrogen) atoms. The van der Waals surface area contributed by atoms with E-state index < -0.39 is 17.4 Å². The van der Waals surface area contributed by atoms with E-state index in [0.29, 0.717) is 41.7 Å². The van der Waals surface area contributed by atoms with Crippen LogP contribution in [0.2, 0.25) is 5.02 Å². The van der Waals surface area contributed by atoms with Gasteiger partial charge in [-0.3, -0.25) is 14.5 Å². The molecule has 3 aromatic rings. The predicted molar refractivity (Wildman–Crippen MR) is 164 cm³/mol. The minimum absolute atomic E-state index is 0.0461. The fourth-order valence-electron chi connectivity index (χ4n) is 5.53. The number of carbonyl (C=O) groups is 3. The molecule has 3 amide bonds. The lowest BCUT2D eigenvalue weighted by atomic mass is 9.83. The van der Waals surface area contributed by atoms with Gasteiger partial charge in [0.1, 0.15) is 6.61 Å². The molecule has 0 aromatic heterocycles. The zero-order valence-electron chi connectivity index (χ0n) is 23.9. The molecule has 5 rings (SSSR count). The topological polar surface area (TPSA) is 111 Å². The lowest BCUT2D eigenvalue weighted by Crippen LogP contribution is -2.44. The molecule has 1 saturated heterocycles. The molecule has 2 heterocycles. The quantitative estimate of drug-likeness (QED) is 0.309. The third-order valence-electron chi connectivity index (χ3n) is 7.90. The lowest BCUT2D eigenvalue weighted by Gasteiger charge is -2.28. The van der Waals surface area contributed by atoms with E-state index in [9.17, 15) is 24.6 Å². The average Bonchev–Trinajstić information content (AvgIpc) is 3.53. The first-order valence-electron chi connectivity index (χ1n) is 14.2. The number of hydrogen-bond donors (Lipinski definition) is 2. The van der Waals surface area contributed by atoms with Gasteiger partial charge >= 0.3 is 6.09 Å². The Morgan fingerprint density at radius 2 is 1.84 bits per heavy atom. The van der Waals surface area contributed by atoms with Crippen molar-refractivity contribution in [3.05, 3.63) is 107 Å². The van der Waals surface area contributed by atoms with Gasteiger partial charge in [0, 0.05) is 41.7 Å². The molecule has 224 valence electrons. The van der Waals surface area contributed by atoms with Crippen molar-refractivity contribution in [2.45, 2.75) is 32.0 Å². The molecule has 2 aliphatic rings. The first kappa shape index (κ1) is 30.3. The summed E-state index contributed by atoms with van der Waals surface area (Å²) in [5.74, 6) is -1.35. The molecule has 2 aliphatic heterocycles. The van der Waals surface area contributed by atoms with Crippen molar-refractivity contribution in [1.29, 1.82) is 0 Å². The largest absolute Gasteiger partial charge is 0.447 e. The highest BCUT2D eigenvalue weighted by atomic mass is 35.5. The number of amides is 3. The van der Waals surface area contributed by atoms with Gasteiger partial charge in [0.15, 0.2) is 5.60 Å². The van der Waals surface area contributed by atoms with Crippen LogP contribution in [0.15, 0.2) is 84.9 Å². The van der Waals surface area contributed by atoms with Crippen LogP contribution in [0.3, 0.4) is 0 Å². The van der Waals surface area contributed by atoms with Gasteiger partial charge < -0.3 is 24.7 Å². The summed E-state index contributed by atoms with van der Waals surface area (Å²) in [6.07, 6.45) is 2.99. The lowest BCUT2D eigenvalue weighted by molar-refractivity contribution is -0.139. The van der Waals surface area contributed by atoms with Gasteiger partial charge in [-0.25, -0.2) is 4.79 Å². The van der Waals surface area contributed by atoms with Gasteiger partial charge in [-0.05, 0) is 41.5 Å². The molecule has 0 saturated carbocycles. The molecular formula is C33H34ClN3O6. The number of aliphatic hydroxyl groups is 2. The predicted octanol–water partition coefficient (Wildman–Crippen LogP) is 4.63. The number of benzene rings is 3. The van der Waals surface area contributed by atoms with E-state index >= 15 is 0 Å². The number of fused-ring (bicyclic) bond motifs is 1. The van der Waals surface area contributed by atoms with Crippen LogP contribution in [0.25, 0.3) is 0 Å². The summed E-state index contributed by atoms with van der Waals surface area (Å²) in [5.41, 5.74) is 1.53. The third kappa shape index (κ3) is 6.29. The van der Waals surface area contributed by atoms with Crippen molar-refractivity contribution in [1.82, 2.24) is 4.90 Å². The van der Waals surface area contributed by atoms with Crippen LogP contribution in [0.5, 0.6) is 0 Å². The average molecular weight is 604 g/mol. The van der Waals surface area contributed by atoms with Gasteiger partial charge in [0.05, 0.1) is 25.4 Å². The second-order valence-corrected chi connectivity index (χ2v) is 11.1. The van der Waals surface area contributed by atoms with E-state index in [1.807, 2.05) is 42.5 Å². The fraction of sp³-hybridized carbons (Fsp3) is 0.303. The molecule has 0 unspecified atom stereocenters. The molecule has 0 spiro atoms. The van der Waals surface area contributed by atoms with Gasteiger partial charge in [0.25, 0.3) is 5.91 Å². The number of hydrogen-bond acceptors (Lipinski definition) is 6. The third-order valence-corrected chi connectivity index (χ3v) is 8.13. The summed E-state index contributed by atoms with van der Waals surface area (Å²) in [4.78, 5) is 43.4. The zero-order chi connectivity index (χ0) is 30.6. The number of halogens is 1. The van der Waals surface area contributed by atoms with Gasteiger partial charge in [-0.15, -0.1) is 0 Å². The highest BCUT2D eigenvalue weighted by Crippen LogP contribution is 2.46. The fourth-order valence-corrected chi connectivity index (χ4v) is 5.70. The summed E-state index contributed by atoms with van der Waals surface area (Å²) in [5, 5.41) is 21.8. The number of nitrogens with zero attached hydrogens (tertiary/aromatic N) is 3. The summed E-state index contributed by atoms with van der Waals surface area (Å²) in [6.45, 7) is 3.16. The van der Waals surface area contributed by atoms with Crippen molar-refractivity contribution in [2.75, 3.05) is 36.1 Å². The van der Waals surface area contributed by atoms with E-state index in [1.54, 1.807) is 59.2 Å². The molecule has 0 aliphatic carbocycles. The van der Waals surface area contributed by atoms with Crippen LogP contribution >= 0.6 is 11.6 Å². The van der Waals surface area contributed by atoms with E-state index in [1.165, 1.54) is 4.90 Å². The summed E-state index contributed by atoms with van der Waals surface area (Å²) in [7, 11) is 0. The maximum absolute atomic E-state index is 13.9. The van der Waals surface area contributed by atoms with Crippen LogP contribution in [0.1, 0.15) is 30.0 Å². The van der Waals surface area contributed by atoms with Gasteiger partial charge in [0.2, 0.25) is 5.91 Å². The number of ether oxygens (including phenoxy) is 1. The van der Waals surface area contributed by atoms with Crippen LogP contribution in [-0.2, 0) is 33.0 Å². The number of rotatable bonds is 11. The molecule has 1 fully saturated rings. The monoisotopic (exact) mass is 603 g/mol. The maximum Gasteiger partial charge on any atom is 0.414 e. The van der Waals surface area contributed by atoms with Crippen molar-refractivity contribution in [3.63, 3.8) is 0 Å². The molecule has 0 radical (unpaired) electrons. The second kappa shape index (κ2) is 13.0. The second-order valence-electron chi connectivity index (χ2n) is 10.7. The Kier molecular flexibility index (Phi) is 9.15. The molecule has 0 bridgehead atoms. The Balaban J connectivity index is 1.31. The number of cyclic esters (lactones) is 1. The minimum Gasteiger partial charge on any atom is -0.447 e. The zero-order valence-corrected chi connectivity index (χ0v) is 24.6. The minimum atomic E-state index is -1.89. The Bertz CT molecular complexity index is 1510. The first-order chi connectivity index (χ1) is 20.7. The standard InChI is InChI=1S/C33H34ClN3O6/c1-23(6-5-9-30(39)35(16-18-38)21-24-7-3-2-4-8-24)33(42)28-20-26(34)12-15-29(28)37(31(33)40)22-25-10-13-27(14-11-25)36-17-19-43-32(36)41/h2-8,10-15,20,23,38,42H,9,16-19,21-22H2,1H3/b6-5+/t23-,33+/m1/s1. The molecule has 3 aromatic carbocycles. The molecular weight excluding hydrogens is 570 g/mol. The highest BCUT2D eigenvalue weighted by Gasteiger charge is 2.52. The van der Waals surface area contributed by atoms with Crippen LogP contribution < -0.4 is 9.80 Å². The maximum atomic E-state index is 13.9. The normalized spacial score (nSPS) is 18.7. The summed E-state index contributed by atoms with van der Waals surface area (Å²) >= 11 is 6.31. The van der Waals surface area contributed by atoms with Gasteiger partial charge in [-0.1, -0.05) is 73.1 Å². The number of aliphatic hydroxyl groups excluding tert-OH is 1. The first-order valence-corrected chi connectivity index (χ1v) is 14.6. The highest BCUT2D eigenvalue weighted by molar-refractivity contribution is 6.31. The Morgan fingerprint density at radius 3 is 2.51 bits per heavy atom. The summed E-state index contributed by atoms with van der Waals surface area (Å²) in [6, 6.07) is 21.8. The molecule has 9 nitrogen and oxygen atoms in total. The molecule has 2 N–H and O–H groups in total. The van der Waals surface area contributed by atoms with Crippen LogP contribution in [-0.4, -0.2) is 59.3 Å². The van der Waals surface area contributed by atoms with Crippen LogP contribution in [0, 0.1) is 5.92 Å². The van der Waals surface area contributed by atoms with E-state index in [2.05, 4.69) is 0 Å². The van der Waals surface area contributed by atoms with E-state index in [4.69, 9.17) is 16.3 Å².